The van der Waals surface area contributed by atoms with Gasteiger partial charge in [-0.1, -0.05) is 27.2 Å². The highest BCUT2D eigenvalue weighted by Gasteiger charge is 2.32. The molecule has 4 heteroatoms. The van der Waals surface area contributed by atoms with Crippen LogP contribution in [0.1, 0.15) is 45.6 Å². The Hall–Kier alpha value is -1.71. The number of hydrogen-bond acceptors (Lipinski definition) is 2. The summed E-state index contributed by atoms with van der Waals surface area (Å²) in [7, 11) is 0. The molecule has 0 aromatic heterocycles. The van der Waals surface area contributed by atoms with Crippen LogP contribution in [0.15, 0.2) is 24.3 Å². The van der Waals surface area contributed by atoms with Gasteiger partial charge in [0.15, 0.2) is 0 Å². The maximum absolute atomic E-state index is 13.5. The van der Waals surface area contributed by atoms with Crippen LogP contribution in [-0.4, -0.2) is 12.1 Å². The van der Waals surface area contributed by atoms with E-state index in [-0.39, 0.29) is 11.7 Å². The van der Waals surface area contributed by atoms with E-state index in [1.165, 1.54) is 18.2 Å². The van der Waals surface area contributed by atoms with Crippen LogP contribution >= 0.6 is 0 Å². The first-order valence-electron chi connectivity index (χ1n) is 8.20. The van der Waals surface area contributed by atoms with Crippen molar-refractivity contribution < 1.29 is 18.3 Å². The van der Waals surface area contributed by atoms with Crippen LogP contribution in [-0.2, 0) is 9.53 Å². The summed E-state index contributed by atoms with van der Waals surface area (Å²) in [4.78, 5) is 12.0. The minimum Gasteiger partial charge on any atom is -0.459 e. The maximum Gasteiger partial charge on any atom is 0.331 e. The van der Waals surface area contributed by atoms with Gasteiger partial charge in [0, 0.05) is 17.7 Å². The van der Waals surface area contributed by atoms with E-state index in [9.17, 15) is 13.6 Å². The molecular weight excluding hydrogens is 298 g/mol. The number of ether oxygens (including phenoxy) is 1. The quantitative estimate of drug-likeness (QED) is 0.577. The van der Waals surface area contributed by atoms with Gasteiger partial charge in [0.05, 0.1) is 0 Å². The fourth-order valence-electron chi connectivity index (χ4n) is 3.23. The number of hydrogen-bond donors (Lipinski definition) is 0. The van der Waals surface area contributed by atoms with E-state index in [1.807, 2.05) is 0 Å². The molecule has 0 spiro atoms. The van der Waals surface area contributed by atoms with Crippen LogP contribution in [0.4, 0.5) is 8.78 Å². The molecule has 1 aliphatic carbocycles. The van der Waals surface area contributed by atoms with Crippen molar-refractivity contribution in [3.63, 3.8) is 0 Å². The SMILES string of the molecule is CC(C)[C@H]1CC[C@H](C)C[C@@H]1OC(=O)/C=C/c1ccc(F)cc1F. The monoisotopic (exact) mass is 322 g/mol. The maximum atomic E-state index is 13.5. The molecule has 0 N–H and O–H groups in total. The zero-order chi connectivity index (χ0) is 17.0. The van der Waals surface area contributed by atoms with Gasteiger partial charge in [-0.05, 0) is 48.8 Å². The van der Waals surface area contributed by atoms with Crippen LogP contribution in [0.5, 0.6) is 0 Å². The molecule has 0 radical (unpaired) electrons. The summed E-state index contributed by atoms with van der Waals surface area (Å²) in [6, 6.07) is 3.25. The molecule has 2 nitrogen and oxygen atoms in total. The molecule has 0 amide bonds. The molecule has 1 aromatic rings. The van der Waals surface area contributed by atoms with Crippen LogP contribution in [0.25, 0.3) is 6.08 Å². The van der Waals surface area contributed by atoms with Gasteiger partial charge in [-0.15, -0.1) is 0 Å². The van der Waals surface area contributed by atoms with Gasteiger partial charge >= 0.3 is 5.97 Å². The first-order chi connectivity index (χ1) is 10.9. The fourth-order valence-corrected chi connectivity index (χ4v) is 3.23. The Kier molecular flexibility index (Phi) is 5.91. The molecule has 0 heterocycles. The van der Waals surface area contributed by atoms with Gasteiger partial charge in [-0.2, -0.15) is 0 Å². The topological polar surface area (TPSA) is 26.3 Å². The Morgan fingerprint density at radius 3 is 2.70 bits per heavy atom. The molecule has 0 aliphatic heterocycles. The highest BCUT2D eigenvalue weighted by Crippen LogP contribution is 2.35. The molecule has 0 bridgehead atoms. The fraction of sp³-hybridized carbons (Fsp3) is 0.526. The molecule has 1 aromatic carbocycles. The molecule has 3 atom stereocenters. The van der Waals surface area contributed by atoms with Gasteiger partial charge in [0.1, 0.15) is 17.7 Å². The van der Waals surface area contributed by atoms with Gasteiger partial charge in [0.25, 0.3) is 0 Å². The number of carbonyl (C=O) groups is 1. The van der Waals surface area contributed by atoms with Crippen molar-refractivity contribution >= 4 is 12.0 Å². The lowest BCUT2D eigenvalue weighted by Gasteiger charge is -2.36. The van der Waals surface area contributed by atoms with E-state index in [0.717, 1.165) is 31.4 Å². The number of carbonyl (C=O) groups excluding carboxylic acids is 1. The number of halogens is 2. The van der Waals surface area contributed by atoms with Crippen LogP contribution < -0.4 is 0 Å². The lowest BCUT2D eigenvalue weighted by molar-refractivity contribution is -0.149. The van der Waals surface area contributed by atoms with Crippen molar-refractivity contribution in [3.8, 4) is 0 Å². The standard InChI is InChI=1S/C19H24F2O2/c1-12(2)16-8-4-13(3)10-18(16)23-19(22)9-6-14-5-7-15(20)11-17(14)21/h5-7,9,11-13,16,18H,4,8,10H2,1-3H3/b9-6+/t13-,16+,18-/m0/s1. The average Bonchev–Trinajstić information content (AvgIpc) is 2.46. The predicted molar refractivity (Wildman–Crippen MR) is 86.6 cm³/mol. The normalized spacial score (nSPS) is 25.0. The van der Waals surface area contributed by atoms with Crippen molar-refractivity contribution in [1.82, 2.24) is 0 Å². The second kappa shape index (κ2) is 7.71. The average molecular weight is 322 g/mol. The Labute approximate surface area is 136 Å². The summed E-state index contributed by atoms with van der Waals surface area (Å²) >= 11 is 0. The molecule has 0 saturated heterocycles. The van der Waals surface area contributed by atoms with Crippen LogP contribution in [0.2, 0.25) is 0 Å². The lowest BCUT2D eigenvalue weighted by atomic mass is 9.75. The second-order valence-electron chi connectivity index (χ2n) is 6.80. The predicted octanol–water partition coefficient (Wildman–Crippen LogP) is 4.98. The molecular formula is C19H24F2O2. The highest BCUT2D eigenvalue weighted by molar-refractivity contribution is 5.87. The summed E-state index contributed by atoms with van der Waals surface area (Å²) < 4.78 is 32.0. The molecule has 23 heavy (non-hydrogen) atoms. The highest BCUT2D eigenvalue weighted by atomic mass is 19.1. The third-order valence-electron chi connectivity index (χ3n) is 4.59. The van der Waals surface area contributed by atoms with Crippen LogP contribution in [0, 0.1) is 29.4 Å². The minimum absolute atomic E-state index is 0.0889. The lowest BCUT2D eigenvalue weighted by Crippen LogP contribution is -2.35. The van der Waals surface area contributed by atoms with E-state index in [0.29, 0.717) is 17.8 Å². The van der Waals surface area contributed by atoms with Crippen molar-refractivity contribution in [1.29, 1.82) is 0 Å². The van der Waals surface area contributed by atoms with Gasteiger partial charge in [0.2, 0.25) is 0 Å². The van der Waals surface area contributed by atoms with Gasteiger partial charge in [-0.25, -0.2) is 13.6 Å². The van der Waals surface area contributed by atoms with E-state index in [4.69, 9.17) is 4.74 Å². The van der Waals surface area contributed by atoms with Crippen molar-refractivity contribution in [3.05, 3.63) is 41.5 Å². The first kappa shape index (κ1) is 17.6. The minimum atomic E-state index is -0.694. The van der Waals surface area contributed by atoms with E-state index < -0.39 is 17.6 Å². The van der Waals surface area contributed by atoms with Crippen molar-refractivity contribution in [2.45, 2.75) is 46.1 Å². The second-order valence-corrected chi connectivity index (χ2v) is 6.80. The number of esters is 1. The molecule has 126 valence electrons. The summed E-state index contributed by atoms with van der Waals surface area (Å²) in [6.07, 6.45) is 5.54. The Morgan fingerprint density at radius 2 is 2.04 bits per heavy atom. The Balaban J connectivity index is 2.01. The summed E-state index contributed by atoms with van der Waals surface area (Å²) in [6.45, 7) is 6.46. The molecule has 2 rings (SSSR count). The number of rotatable bonds is 4. The summed E-state index contributed by atoms with van der Waals surface area (Å²) in [5, 5.41) is 0. The van der Waals surface area contributed by atoms with Crippen molar-refractivity contribution in [2.75, 3.05) is 0 Å². The summed E-state index contributed by atoms with van der Waals surface area (Å²) in [5.41, 5.74) is 0.167. The third kappa shape index (κ3) is 4.88. The molecule has 0 unspecified atom stereocenters. The molecule has 1 fully saturated rings. The zero-order valence-electron chi connectivity index (χ0n) is 13.9. The first-order valence-corrected chi connectivity index (χ1v) is 8.20. The number of benzene rings is 1. The van der Waals surface area contributed by atoms with Gasteiger partial charge < -0.3 is 4.74 Å². The largest absolute Gasteiger partial charge is 0.459 e. The zero-order valence-corrected chi connectivity index (χ0v) is 13.9. The smallest absolute Gasteiger partial charge is 0.331 e. The van der Waals surface area contributed by atoms with E-state index in [2.05, 4.69) is 20.8 Å². The van der Waals surface area contributed by atoms with Crippen molar-refractivity contribution in [2.24, 2.45) is 17.8 Å². The van der Waals surface area contributed by atoms with E-state index in [1.54, 1.807) is 0 Å². The molecule has 1 aliphatic rings. The van der Waals surface area contributed by atoms with E-state index >= 15 is 0 Å². The Morgan fingerprint density at radius 1 is 1.30 bits per heavy atom. The molecule has 1 saturated carbocycles. The summed E-state index contributed by atoms with van der Waals surface area (Å²) in [5.74, 6) is -0.441. The third-order valence-corrected chi connectivity index (χ3v) is 4.59. The van der Waals surface area contributed by atoms with Crippen LogP contribution in [0.3, 0.4) is 0 Å². The van der Waals surface area contributed by atoms with Gasteiger partial charge in [-0.3, -0.25) is 0 Å². The Bertz CT molecular complexity index is 581.